The molecule has 0 aliphatic heterocycles. The van der Waals surface area contributed by atoms with Gasteiger partial charge < -0.3 is 9.71 Å². The van der Waals surface area contributed by atoms with Crippen LogP contribution in [0.1, 0.15) is 36.8 Å². The van der Waals surface area contributed by atoms with E-state index in [1.54, 1.807) is 6.26 Å². The highest BCUT2D eigenvalue weighted by molar-refractivity contribution is 7.85. The average Bonchev–Trinajstić information content (AvgIpc) is 3.26. The second-order valence-electron chi connectivity index (χ2n) is 7.40. The summed E-state index contributed by atoms with van der Waals surface area (Å²) in [5, 5.41) is 2.54. The molecule has 2 aromatic carbocycles. The molecule has 0 bridgehead atoms. The molecule has 2 heterocycles. The third-order valence-corrected chi connectivity index (χ3v) is 7.22. The van der Waals surface area contributed by atoms with E-state index in [1.165, 1.54) is 31.5 Å². The molecular weight excluding hydrogens is 372 g/mol. The number of aryl methyl sites for hydroxylation is 1. The van der Waals surface area contributed by atoms with Crippen LogP contribution in [0.5, 0.6) is 0 Å². The zero-order valence-corrected chi connectivity index (χ0v) is 17.7. The number of aromatic nitrogens is 1. The van der Waals surface area contributed by atoms with Crippen LogP contribution in [0.2, 0.25) is 0 Å². The number of thiophene rings is 1. The predicted molar refractivity (Wildman–Crippen MR) is 119 cm³/mol. The molecule has 1 unspecified atom stereocenters. The Hall–Kier alpha value is -2.11. The molecule has 0 aliphatic rings. The van der Waals surface area contributed by atoms with Crippen molar-refractivity contribution in [1.29, 1.82) is 0 Å². The van der Waals surface area contributed by atoms with Gasteiger partial charge in [0.1, 0.15) is 11.0 Å². The summed E-state index contributed by atoms with van der Waals surface area (Å²) in [4.78, 5) is 4.76. The Morgan fingerprint density at radius 3 is 2.67 bits per heavy atom. The van der Waals surface area contributed by atoms with Crippen molar-refractivity contribution in [2.24, 2.45) is 0 Å². The number of benzene rings is 2. The first kappa shape index (κ1) is 18.3. The smallest absolute Gasteiger partial charge is 0.114 e. The van der Waals surface area contributed by atoms with Gasteiger partial charge in [-0.2, -0.15) is 0 Å². The number of fused-ring (bicyclic) bond motifs is 2. The molecule has 0 spiro atoms. The van der Waals surface area contributed by atoms with Crippen LogP contribution in [0.15, 0.2) is 48.7 Å². The lowest BCUT2D eigenvalue weighted by atomic mass is 9.82. The van der Waals surface area contributed by atoms with E-state index in [-0.39, 0.29) is 5.41 Å². The lowest BCUT2D eigenvalue weighted by Gasteiger charge is -2.23. The van der Waals surface area contributed by atoms with Gasteiger partial charge in [0.05, 0.1) is 11.2 Å². The normalized spacial score (nSPS) is 13.3. The summed E-state index contributed by atoms with van der Waals surface area (Å²) in [7, 11) is -1.10. The summed E-state index contributed by atoms with van der Waals surface area (Å²) >= 11 is 1.88. The Morgan fingerprint density at radius 1 is 1.15 bits per heavy atom. The van der Waals surface area contributed by atoms with Gasteiger partial charge in [0.2, 0.25) is 0 Å². The Kier molecular flexibility index (Phi) is 4.60. The van der Waals surface area contributed by atoms with Crippen LogP contribution in [0.25, 0.3) is 21.0 Å². The van der Waals surface area contributed by atoms with Crippen LogP contribution in [0, 0.1) is 0 Å². The van der Waals surface area contributed by atoms with Crippen molar-refractivity contribution in [3.63, 3.8) is 0 Å². The molecule has 4 aromatic rings. The van der Waals surface area contributed by atoms with Gasteiger partial charge in [-0.15, -0.1) is 11.3 Å². The number of hydrogen-bond donors (Lipinski definition) is 2. The molecule has 2 N–H and O–H groups in total. The molecule has 5 heteroatoms. The van der Waals surface area contributed by atoms with E-state index in [9.17, 15) is 4.21 Å². The van der Waals surface area contributed by atoms with Crippen molar-refractivity contribution >= 4 is 49.0 Å². The number of rotatable bonds is 5. The first-order valence-electron chi connectivity index (χ1n) is 9.14. The quantitative estimate of drug-likeness (QED) is 0.428. The van der Waals surface area contributed by atoms with Crippen molar-refractivity contribution in [2.45, 2.75) is 32.6 Å². The Labute approximate surface area is 166 Å². The van der Waals surface area contributed by atoms with Crippen LogP contribution < -0.4 is 4.72 Å². The van der Waals surface area contributed by atoms with E-state index in [4.69, 9.17) is 0 Å². The summed E-state index contributed by atoms with van der Waals surface area (Å²) in [5.74, 6) is 0. The average molecular weight is 397 g/mol. The van der Waals surface area contributed by atoms with E-state index in [0.717, 1.165) is 17.6 Å². The highest BCUT2D eigenvalue weighted by atomic mass is 32.2. The molecule has 0 saturated carbocycles. The van der Waals surface area contributed by atoms with E-state index < -0.39 is 11.0 Å². The van der Waals surface area contributed by atoms with Crippen molar-refractivity contribution in [2.75, 3.05) is 11.0 Å². The summed E-state index contributed by atoms with van der Waals surface area (Å²) in [6.45, 7) is 6.77. The topological polar surface area (TPSA) is 44.9 Å². The minimum absolute atomic E-state index is 0.128. The highest BCUT2D eigenvalue weighted by Crippen LogP contribution is 2.43. The van der Waals surface area contributed by atoms with Crippen molar-refractivity contribution in [1.82, 2.24) is 4.98 Å². The van der Waals surface area contributed by atoms with Gasteiger partial charge in [-0.3, -0.25) is 0 Å². The van der Waals surface area contributed by atoms with Gasteiger partial charge in [0.15, 0.2) is 0 Å². The molecular formula is C22H24N2OS2. The summed E-state index contributed by atoms with van der Waals surface area (Å²) < 4.78 is 16.0. The van der Waals surface area contributed by atoms with Gasteiger partial charge >= 0.3 is 0 Å². The monoisotopic (exact) mass is 396 g/mol. The van der Waals surface area contributed by atoms with E-state index >= 15 is 0 Å². The van der Waals surface area contributed by atoms with Crippen LogP contribution in [0.4, 0.5) is 5.69 Å². The first-order valence-corrected chi connectivity index (χ1v) is 11.5. The van der Waals surface area contributed by atoms with E-state index in [0.29, 0.717) is 0 Å². The van der Waals surface area contributed by atoms with Crippen LogP contribution in [-0.2, 0) is 22.8 Å². The lowest BCUT2D eigenvalue weighted by Crippen LogP contribution is -2.16. The molecule has 3 nitrogen and oxygen atoms in total. The second-order valence-corrected chi connectivity index (χ2v) is 9.60. The van der Waals surface area contributed by atoms with Crippen molar-refractivity contribution in [3.05, 3.63) is 64.7 Å². The Morgan fingerprint density at radius 2 is 1.93 bits per heavy atom. The van der Waals surface area contributed by atoms with E-state index in [2.05, 4.69) is 67.0 Å². The minimum atomic E-state index is -1.10. The van der Waals surface area contributed by atoms with Crippen molar-refractivity contribution < 1.29 is 4.21 Å². The largest absolute Gasteiger partial charge is 0.359 e. The molecule has 1 atom stereocenters. The Bertz CT molecular complexity index is 1150. The number of nitrogens with one attached hydrogen (secondary N) is 2. The second kappa shape index (κ2) is 6.80. The summed E-state index contributed by atoms with van der Waals surface area (Å²) in [6.07, 6.45) is 4.79. The van der Waals surface area contributed by atoms with Gasteiger partial charge in [0, 0.05) is 32.8 Å². The summed E-state index contributed by atoms with van der Waals surface area (Å²) in [6, 6.07) is 15.1. The number of aromatic amines is 1. The third-order valence-electron chi connectivity index (χ3n) is 5.29. The summed E-state index contributed by atoms with van der Waals surface area (Å²) in [5.41, 5.74) is 4.41. The number of para-hydroxylation sites is 1. The molecule has 0 fully saturated rings. The van der Waals surface area contributed by atoms with Crippen LogP contribution in [0.3, 0.4) is 0 Å². The fourth-order valence-corrected chi connectivity index (χ4v) is 5.49. The van der Waals surface area contributed by atoms with Gasteiger partial charge in [-0.05, 0) is 41.1 Å². The fourth-order valence-electron chi connectivity index (χ4n) is 3.78. The zero-order valence-electron chi connectivity index (χ0n) is 16.1. The zero-order chi connectivity index (χ0) is 19.2. The van der Waals surface area contributed by atoms with Gasteiger partial charge in [-0.25, -0.2) is 4.21 Å². The first-order chi connectivity index (χ1) is 12.9. The highest BCUT2D eigenvalue weighted by Gasteiger charge is 2.29. The molecule has 27 heavy (non-hydrogen) atoms. The molecule has 4 rings (SSSR count). The fraction of sp³-hybridized carbons (Fsp3) is 0.273. The number of anilines is 1. The molecule has 0 radical (unpaired) electrons. The third kappa shape index (κ3) is 3.09. The molecule has 140 valence electrons. The SMILES string of the molecule is CCc1cccc2sc(C(C)(C)c3c[nH]c4c(NS(C)=O)cccc34)cc12. The van der Waals surface area contributed by atoms with Gasteiger partial charge in [-0.1, -0.05) is 45.0 Å². The van der Waals surface area contributed by atoms with Gasteiger partial charge in [0.25, 0.3) is 0 Å². The van der Waals surface area contributed by atoms with Crippen molar-refractivity contribution in [3.8, 4) is 0 Å². The van der Waals surface area contributed by atoms with Crippen LogP contribution >= 0.6 is 11.3 Å². The molecule has 0 amide bonds. The van der Waals surface area contributed by atoms with Crippen LogP contribution in [-0.4, -0.2) is 15.4 Å². The maximum Gasteiger partial charge on any atom is 0.114 e. The Balaban J connectivity index is 1.86. The minimum Gasteiger partial charge on any atom is -0.359 e. The number of H-pyrrole nitrogens is 1. The predicted octanol–water partition coefficient (Wildman–Crippen LogP) is 5.98. The van der Waals surface area contributed by atoms with E-state index in [1.807, 2.05) is 23.5 Å². The standard InChI is InChI=1S/C22H24N2OS2/c1-5-14-8-6-11-19-16(14)12-20(26-19)22(2,3)17-13-23-21-15(17)9-7-10-18(21)24-27(4)25/h6-13,23-24H,5H2,1-4H3. The maximum absolute atomic E-state index is 11.6. The lowest BCUT2D eigenvalue weighted by molar-refractivity contribution is 0.662. The maximum atomic E-state index is 11.6. The number of hydrogen-bond acceptors (Lipinski definition) is 2. The molecule has 0 aliphatic carbocycles. The molecule has 2 aromatic heterocycles. The molecule has 0 saturated heterocycles.